The number of thioether (sulfide) groups is 2. The lowest BCUT2D eigenvalue weighted by Gasteiger charge is -2.12. The second-order valence-corrected chi connectivity index (χ2v) is 9.56. The van der Waals surface area contributed by atoms with Crippen molar-refractivity contribution in [2.45, 2.75) is 24.0 Å². The van der Waals surface area contributed by atoms with Gasteiger partial charge >= 0.3 is 5.97 Å². The number of esters is 1. The first kappa shape index (κ1) is 25.1. The third-order valence-corrected chi connectivity index (χ3v) is 6.37. The Morgan fingerprint density at radius 2 is 1.71 bits per heavy atom. The smallest absolute Gasteiger partial charge is 0.319 e. The lowest BCUT2D eigenvalue weighted by Crippen LogP contribution is -2.32. The summed E-state index contributed by atoms with van der Waals surface area (Å²) in [5, 5.41) is 5.60. The molecule has 0 aliphatic rings. The largest absolute Gasteiger partial charge is 0.455 e. The number of nitrogens with one attached hydrogen (secondary N) is 2. The Kier molecular flexibility index (Phi) is 10.8. The number of benzene rings is 2. The maximum Gasteiger partial charge on any atom is 0.319 e. The van der Waals surface area contributed by atoms with Crippen molar-refractivity contribution in [1.29, 1.82) is 0 Å². The highest BCUT2D eigenvalue weighted by Gasteiger charge is 2.18. The lowest BCUT2D eigenvalue weighted by atomic mass is 10.2. The van der Waals surface area contributed by atoms with Crippen LogP contribution in [0.3, 0.4) is 0 Å². The van der Waals surface area contributed by atoms with Crippen molar-refractivity contribution in [2.75, 3.05) is 30.0 Å². The zero-order valence-corrected chi connectivity index (χ0v) is 19.7. The fourth-order valence-corrected chi connectivity index (χ4v) is 3.87. The Labute approximate surface area is 195 Å². The molecule has 166 valence electrons. The first-order valence-corrected chi connectivity index (χ1v) is 12.0. The number of hydrogen-bond acceptors (Lipinski definition) is 6. The molecule has 1 unspecified atom stereocenters. The summed E-state index contributed by atoms with van der Waals surface area (Å²) >= 11 is 8.58. The van der Waals surface area contributed by atoms with Gasteiger partial charge in [0.05, 0.1) is 5.75 Å². The molecular weight excluding hydrogens is 456 g/mol. The van der Waals surface area contributed by atoms with Gasteiger partial charge in [-0.2, -0.15) is 0 Å². The minimum atomic E-state index is -0.558. The van der Waals surface area contributed by atoms with E-state index in [1.165, 1.54) is 0 Å². The van der Waals surface area contributed by atoms with Crippen molar-refractivity contribution in [2.24, 2.45) is 0 Å². The summed E-state index contributed by atoms with van der Waals surface area (Å²) in [4.78, 5) is 36.9. The summed E-state index contributed by atoms with van der Waals surface area (Å²) in [5.41, 5.74) is 1.81. The van der Waals surface area contributed by atoms with Crippen molar-refractivity contribution >= 4 is 58.6 Å². The Morgan fingerprint density at radius 3 is 2.39 bits per heavy atom. The number of hydrogen-bond donors (Lipinski definition) is 2. The molecule has 2 amide bonds. The van der Waals surface area contributed by atoms with Crippen molar-refractivity contribution in [1.82, 2.24) is 5.32 Å². The van der Waals surface area contributed by atoms with Gasteiger partial charge in [0.15, 0.2) is 6.61 Å². The number of amides is 2. The summed E-state index contributed by atoms with van der Waals surface area (Å²) in [7, 11) is 0. The molecule has 0 aliphatic heterocycles. The molecule has 0 bridgehead atoms. The fraction of sp³-hybridized carbons (Fsp3) is 0.318. The molecule has 2 N–H and O–H groups in total. The average molecular weight is 481 g/mol. The van der Waals surface area contributed by atoms with Gasteiger partial charge in [-0.15, -0.1) is 23.5 Å². The van der Waals surface area contributed by atoms with E-state index >= 15 is 0 Å². The topological polar surface area (TPSA) is 84.5 Å². The molecule has 0 fully saturated rings. The number of halogens is 1. The Hall–Kier alpha value is -2.16. The Morgan fingerprint density at radius 1 is 1.03 bits per heavy atom. The van der Waals surface area contributed by atoms with Crippen LogP contribution in [0.2, 0.25) is 5.02 Å². The van der Waals surface area contributed by atoms with Crippen molar-refractivity contribution in [3.63, 3.8) is 0 Å². The van der Waals surface area contributed by atoms with E-state index in [-0.39, 0.29) is 24.2 Å². The van der Waals surface area contributed by atoms with E-state index < -0.39 is 11.2 Å². The third kappa shape index (κ3) is 10.1. The minimum absolute atomic E-state index is 0.109. The maximum atomic E-state index is 12.0. The van der Waals surface area contributed by atoms with Crippen LogP contribution in [0.1, 0.15) is 12.5 Å². The van der Waals surface area contributed by atoms with Gasteiger partial charge in [0.2, 0.25) is 5.91 Å². The Bertz CT molecular complexity index is 876. The monoisotopic (exact) mass is 480 g/mol. The van der Waals surface area contributed by atoms with E-state index in [0.29, 0.717) is 23.0 Å². The van der Waals surface area contributed by atoms with Gasteiger partial charge in [0.25, 0.3) is 5.91 Å². The molecule has 0 spiro atoms. The molecule has 2 aromatic rings. The number of rotatable bonds is 11. The van der Waals surface area contributed by atoms with Gasteiger partial charge in [0.1, 0.15) is 5.25 Å². The van der Waals surface area contributed by atoms with Crippen LogP contribution in [0.4, 0.5) is 5.69 Å². The predicted octanol–water partition coefficient (Wildman–Crippen LogP) is 4.16. The van der Waals surface area contributed by atoms with Crippen LogP contribution in [0, 0.1) is 6.92 Å². The maximum absolute atomic E-state index is 12.0. The number of carbonyl (C=O) groups excluding carboxylic acids is 3. The number of carbonyl (C=O) groups is 3. The molecule has 6 nitrogen and oxygen atoms in total. The van der Waals surface area contributed by atoms with Gasteiger partial charge in [-0.25, -0.2) is 0 Å². The molecule has 0 radical (unpaired) electrons. The lowest BCUT2D eigenvalue weighted by molar-refractivity contribution is -0.147. The Balaban J connectivity index is 1.57. The molecule has 0 heterocycles. The number of ether oxygens (including phenoxy) is 1. The summed E-state index contributed by atoms with van der Waals surface area (Å²) < 4.78 is 5.03. The average Bonchev–Trinajstić information content (AvgIpc) is 2.76. The van der Waals surface area contributed by atoms with E-state index in [1.807, 2.05) is 55.5 Å². The molecular formula is C22H25ClN2O4S2. The molecule has 31 heavy (non-hydrogen) atoms. The van der Waals surface area contributed by atoms with Gasteiger partial charge in [0, 0.05) is 27.9 Å². The molecule has 1 atom stereocenters. The minimum Gasteiger partial charge on any atom is -0.455 e. The van der Waals surface area contributed by atoms with Crippen molar-refractivity contribution in [3.8, 4) is 0 Å². The molecule has 0 saturated heterocycles. The molecule has 2 aromatic carbocycles. The van der Waals surface area contributed by atoms with Crippen LogP contribution in [-0.2, 0) is 19.1 Å². The first-order valence-electron chi connectivity index (χ1n) is 9.63. The highest BCUT2D eigenvalue weighted by Crippen LogP contribution is 2.19. The van der Waals surface area contributed by atoms with E-state index in [9.17, 15) is 14.4 Å². The fourth-order valence-electron chi connectivity index (χ4n) is 2.30. The first-order chi connectivity index (χ1) is 14.8. The quantitative estimate of drug-likeness (QED) is 0.285. The van der Waals surface area contributed by atoms with Gasteiger partial charge in [-0.1, -0.05) is 29.3 Å². The van der Waals surface area contributed by atoms with Crippen LogP contribution in [-0.4, -0.2) is 47.7 Å². The van der Waals surface area contributed by atoms with Crippen LogP contribution < -0.4 is 10.6 Å². The van der Waals surface area contributed by atoms with Gasteiger partial charge in [-0.05, 0) is 50.2 Å². The van der Waals surface area contributed by atoms with Crippen LogP contribution >= 0.6 is 35.1 Å². The summed E-state index contributed by atoms with van der Waals surface area (Å²) in [5.74, 6) is -0.301. The SMILES string of the molecule is Cc1ccc(NC(=O)CSC(C)C(=O)OCC(=O)NCCSc2ccc(Cl)cc2)cc1. The highest BCUT2D eigenvalue weighted by molar-refractivity contribution is 8.01. The van der Waals surface area contributed by atoms with Gasteiger partial charge < -0.3 is 15.4 Å². The summed E-state index contributed by atoms with van der Waals surface area (Å²) in [6, 6.07) is 14.9. The second-order valence-electron chi connectivity index (χ2n) is 6.63. The summed E-state index contributed by atoms with van der Waals surface area (Å²) in [6.07, 6.45) is 0. The third-order valence-electron chi connectivity index (χ3n) is 3.98. The van der Waals surface area contributed by atoms with Crippen LogP contribution in [0.5, 0.6) is 0 Å². The number of aryl methyl sites for hydroxylation is 1. The molecule has 0 aromatic heterocycles. The summed E-state index contributed by atoms with van der Waals surface area (Å²) in [6.45, 7) is 3.72. The highest BCUT2D eigenvalue weighted by atomic mass is 35.5. The zero-order valence-electron chi connectivity index (χ0n) is 17.4. The van der Waals surface area contributed by atoms with Crippen molar-refractivity contribution in [3.05, 3.63) is 59.1 Å². The standard InChI is InChI=1S/C22H25ClN2O4S2/c1-15-3-7-18(8-4-15)25-21(27)14-31-16(2)22(28)29-13-20(26)24-11-12-30-19-9-5-17(23)6-10-19/h3-10,16H,11-14H2,1-2H3,(H,24,26)(H,25,27). The van der Waals surface area contributed by atoms with E-state index in [1.54, 1.807) is 18.7 Å². The van der Waals surface area contributed by atoms with Crippen LogP contribution in [0.15, 0.2) is 53.4 Å². The van der Waals surface area contributed by atoms with E-state index in [4.69, 9.17) is 16.3 Å². The molecule has 2 rings (SSSR count). The van der Waals surface area contributed by atoms with Crippen molar-refractivity contribution < 1.29 is 19.1 Å². The molecule has 9 heteroatoms. The second kappa shape index (κ2) is 13.3. The van der Waals surface area contributed by atoms with E-state index in [2.05, 4.69) is 10.6 Å². The predicted molar refractivity (Wildman–Crippen MR) is 128 cm³/mol. The molecule has 0 aliphatic carbocycles. The molecule has 0 saturated carbocycles. The van der Waals surface area contributed by atoms with Gasteiger partial charge in [-0.3, -0.25) is 14.4 Å². The zero-order chi connectivity index (χ0) is 22.6. The number of anilines is 1. The van der Waals surface area contributed by atoms with Crippen LogP contribution in [0.25, 0.3) is 0 Å². The normalized spacial score (nSPS) is 11.5. The van der Waals surface area contributed by atoms with E-state index in [0.717, 1.165) is 22.2 Å².